The molecule has 1 aromatic heterocycles. The molecule has 1 aromatic rings. The number of rotatable bonds is 6. The predicted octanol–water partition coefficient (Wildman–Crippen LogP) is 0.960. The van der Waals surface area contributed by atoms with Crippen LogP contribution in [0.25, 0.3) is 0 Å². The fourth-order valence-electron chi connectivity index (χ4n) is 1.03. The van der Waals surface area contributed by atoms with Gasteiger partial charge in [0.2, 0.25) is 0 Å². The van der Waals surface area contributed by atoms with Crippen molar-refractivity contribution in [3.63, 3.8) is 0 Å². The average molecular weight is 310 g/mol. The predicted molar refractivity (Wildman–Crippen MR) is 71.6 cm³/mol. The quantitative estimate of drug-likeness (QED) is 0.788. The van der Waals surface area contributed by atoms with Gasteiger partial charge in [0.15, 0.2) is 9.90 Å². The van der Waals surface area contributed by atoms with Crippen LogP contribution in [0.15, 0.2) is 9.72 Å². The molecule has 0 radical (unpaired) electrons. The van der Waals surface area contributed by atoms with Crippen LogP contribution in [0.2, 0.25) is 0 Å². The largest absolute Gasteiger partial charge is 0.464 e. The molecule has 102 valence electrons. The van der Waals surface area contributed by atoms with Crippen molar-refractivity contribution in [2.45, 2.75) is 16.4 Å². The number of nitrogens with zero attached hydrogens (tertiary/aromatic N) is 1. The maximum atomic E-state index is 12.0. The van der Waals surface area contributed by atoms with Crippen LogP contribution in [0.5, 0.6) is 0 Å². The lowest BCUT2D eigenvalue weighted by Gasteiger charge is -2.09. The highest BCUT2D eigenvalue weighted by Crippen LogP contribution is 2.20. The van der Waals surface area contributed by atoms with E-state index in [1.54, 1.807) is 11.8 Å². The summed E-state index contributed by atoms with van der Waals surface area (Å²) in [5.74, 6) is -0.755. The smallest absolute Gasteiger partial charge is 0.358 e. The number of sulfonamides is 1. The Balaban J connectivity index is 2.92. The Bertz CT molecular complexity index is 512. The molecular weight excluding hydrogens is 296 g/mol. The minimum absolute atomic E-state index is 0.109. The van der Waals surface area contributed by atoms with Gasteiger partial charge in [-0.05, 0) is 6.26 Å². The number of hydrogen-bond donors (Lipinski definition) is 1. The Morgan fingerprint density at radius 2 is 2.33 bits per heavy atom. The minimum atomic E-state index is -3.72. The number of hydrogen-bond acceptors (Lipinski definition) is 7. The molecule has 0 bridgehead atoms. The summed E-state index contributed by atoms with van der Waals surface area (Å²) in [6.45, 7) is 2.20. The number of esters is 1. The Kier molecular flexibility index (Phi) is 5.57. The zero-order valence-corrected chi connectivity index (χ0v) is 12.6. The normalized spacial score (nSPS) is 13.3. The molecule has 1 rings (SSSR count). The zero-order valence-electron chi connectivity index (χ0n) is 10.2. The highest BCUT2D eigenvalue weighted by atomic mass is 32.2. The molecule has 1 N–H and O–H groups in total. The highest BCUT2D eigenvalue weighted by molar-refractivity contribution is 7.99. The maximum Gasteiger partial charge on any atom is 0.358 e. The first-order chi connectivity index (χ1) is 8.42. The lowest BCUT2D eigenvalue weighted by molar-refractivity contribution is 0.0590. The fraction of sp³-hybridized carbons (Fsp3) is 0.556. The van der Waals surface area contributed by atoms with Gasteiger partial charge in [-0.25, -0.2) is 22.9 Å². The number of nitrogens with one attached hydrogen (secondary N) is 1. The standard InChI is InChI=1S/C9H14N2O4S3/c1-6(16-3)4-11-18(13,14)9-7(8(12)15-2)10-5-17-9/h5-6,11H,4H2,1-3H3. The number of carbonyl (C=O) groups is 1. The van der Waals surface area contributed by atoms with E-state index < -0.39 is 16.0 Å². The molecule has 9 heteroatoms. The van der Waals surface area contributed by atoms with Crippen molar-refractivity contribution in [3.8, 4) is 0 Å². The summed E-state index contributed by atoms with van der Waals surface area (Å²) < 4.78 is 30.8. The monoisotopic (exact) mass is 310 g/mol. The second-order valence-electron chi connectivity index (χ2n) is 3.38. The van der Waals surface area contributed by atoms with Gasteiger partial charge in [-0.1, -0.05) is 6.92 Å². The summed E-state index contributed by atoms with van der Waals surface area (Å²) in [4.78, 5) is 15.1. The van der Waals surface area contributed by atoms with Gasteiger partial charge < -0.3 is 4.74 Å². The van der Waals surface area contributed by atoms with E-state index in [1.165, 1.54) is 12.6 Å². The average Bonchev–Trinajstić information content (AvgIpc) is 2.85. The van der Waals surface area contributed by atoms with Crippen molar-refractivity contribution >= 4 is 39.1 Å². The Hall–Kier alpha value is -0.640. The van der Waals surface area contributed by atoms with E-state index in [2.05, 4.69) is 14.4 Å². The van der Waals surface area contributed by atoms with Gasteiger partial charge in [-0.2, -0.15) is 11.8 Å². The molecule has 18 heavy (non-hydrogen) atoms. The van der Waals surface area contributed by atoms with Crippen molar-refractivity contribution in [2.75, 3.05) is 19.9 Å². The van der Waals surface area contributed by atoms with Gasteiger partial charge in [0.05, 0.1) is 12.6 Å². The van der Waals surface area contributed by atoms with Crippen molar-refractivity contribution in [1.29, 1.82) is 0 Å². The number of ether oxygens (including phenoxy) is 1. The molecule has 0 amide bonds. The molecule has 1 atom stereocenters. The van der Waals surface area contributed by atoms with Gasteiger partial charge >= 0.3 is 5.97 Å². The van der Waals surface area contributed by atoms with E-state index in [1.807, 2.05) is 13.2 Å². The lowest BCUT2D eigenvalue weighted by Crippen LogP contribution is -2.30. The molecule has 1 unspecified atom stereocenters. The van der Waals surface area contributed by atoms with Gasteiger partial charge in [0.1, 0.15) is 0 Å². The van der Waals surface area contributed by atoms with Crippen LogP contribution >= 0.6 is 23.1 Å². The second-order valence-corrected chi connectivity index (χ2v) is 7.47. The molecular formula is C9H14N2O4S3. The molecule has 0 saturated heterocycles. The number of carbonyl (C=O) groups excluding carboxylic acids is 1. The first kappa shape index (κ1) is 15.4. The van der Waals surface area contributed by atoms with E-state index in [9.17, 15) is 13.2 Å². The van der Waals surface area contributed by atoms with E-state index >= 15 is 0 Å². The van der Waals surface area contributed by atoms with Gasteiger partial charge in [-0.3, -0.25) is 0 Å². The SMILES string of the molecule is COC(=O)c1ncsc1S(=O)(=O)NCC(C)SC. The van der Waals surface area contributed by atoms with E-state index in [0.717, 1.165) is 11.3 Å². The summed E-state index contributed by atoms with van der Waals surface area (Å²) >= 11 is 2.44. The number of thiazole rings is 1. The van der Waals surface area contributed by atoms with Crippen molar-refractivity contribution in [3.05, 3.63) is 11.2 Å². The van der Waals surface area contributed by atoms with Crippen LogP contribution in [0.4, 0.5) is 0 Å². The second kappa shape index (κ2) is 6.50. The van der Waals surface area contributed by atoms with Crippen LogP contribution < -0.4 is 4.72 Å². The Labute approximate surface area is 114 Å². The van der Waals surface area contributed by atoms with Crippen LogP contribution in [0.1, 0.15) is 17.4 Å². The minimum Gasteiger partial charge on any atom is -0.464 e. The molecule has 6 nitrogen and oxygen atoms in total. The molecule has 0 aliphatic rings. The number of methoxy groups -OCH3 is 1. The molecule has 1 heterocycles. The molecule has 0 aliphatic heterocycles. The van der Waals surface area contributed by atoms with Gasteiger partial charge in [-0.15, -0.1) is 11.3 Å². The van der Waals surface area contributed by atoms with Crippen molar-refractivity contribution < 1.29 is 17.9 Å². The third-order valence-electron chi connectivity index (χ3n) is 2.12. The maximum absolute atomic E-state index is 12.0. The molecule has 0 fully saturated rings. The topological polar surface area (TPSA) is 85.4 Å². The van der Waals surface area contributed by atoms with E-state index in [-0.39, 0.29) is 15.2 Å². The van der Waals surface area contributed by atoms with E-state index in [0.29, 0.717) is 6.54 Å². The van der Waals surface area contributed by atoms with Crippen molar-refractivity contribution in [1.82, 2.24) is 9.71 Å². The van der Waals surface area contributed by atoms with E-state index in [4.69, 9.17) is 0 Å². The third-order valence-corrected chi connectivity index (χ3v) is 5.89. The first-order valence-corrected chi connectivity index (χ1v) is 8.61. The summed E-state index contributed by atoms with van der Waals surface area (Å²) in [6, 6.07) is 0. The van der Waals surface area contributed by atoms with Gasteiger partial charge in [0, 0.05) is 11.8 Å². The number of aromatic nitrogens is 1. The highest BCUT2D eigenvalue weighted by Gasteiger charge is 2.26. The van der Waals surface area contributed by atoms with Gasteiger partial charge in [0.25, 0.3) is 10.0 Å². The van der Waals surface area contributed by atoms with Crippen LogP contribution in [0.3, 0.4) is 0 Å². The molecule has 0 aromatic carbocycles. The summed E-state index contributed by atoms with van der Waals surface area (Å²) in [5, 5.41) is 0.147. The summed E-state index contributed by atoms with van der Waals surface area (Å²) in [6.07, 6.45) is 1.89. The third kappa shape index (κ3) is 3.67. The Morgan fingerprint density at radius 3 is 2.89 bits per heavy atom. The summed E-state index contributed by atoms with van der Waals surface area (Å²) in [5.41, 5.74) is 1.13. The van der Waals surface area contributed by atoms with Crippen molar-refractivity contribution in [2.24, 2.45) is 0 Å². The number of thioether (sulfide) groups is 1. The van der Waals surface area contributed by atoms with Crippen LogP contribution in [-0.4, -0.2) is 44.5 Å². The molecule has 0 aliphatic carbocycles. The zero-order chi connectivity index (χ0) is 13.8. The van der Waals surface area contributed by atoms with Crippen LogP contribution in [0, 0.1) is 0 Å². The lowest BCUT2D eigenvalue weighted by atomic mass is 10.5. The molecule has 0 saturated carbocycles. The fourth-order valence-corrected chi connectivity index (χ4v) is 3.70. The Morgan fingerprint density at radius 1 is 1.67 bits per heavy atom. The summed E-state index contributed by atoms with van der Waals surface area (Å²) in [7, 11) is -2.53. The first-order valence-electron chi connectivity index (χ1n) is 4.96. The molecule has 0 spiro atoms. The van der Waals surface area contributed by atoms with Crippen LogP contribution in [-0.2, 0) is 14.8 Å².